The van der Waals surface area contributed by atoms with Gasteiger partial charge in [-0.05, 0) is 61.2 Å². The fourth-order valence-corrected chi connectivity index (χ4v) is 3.70. The summed E-state index contributed by atoms with van der Waals surface area (Å²) in [7, 11) is 0. The number of aromatic nitrogens is 1. The van der Waals surface area contributed by atoms with E-state index >= 15 is 0 Å². The Balaban J connectivity index is 1.72. The van der Waals surface area contributed by atoms with Gasteiger partial charge in [-0.1, -0.05) is 54.1 Å². The molecule has 0 amide bonds. The minimum Gasteiger partial charge on any atom is -0.347 e. The number of hydrogen-bond acceptors (Lipinski definition) is 1. The van der Waals surface area contributed by atoms with Gasteiger partial charge in [0.2, 0.25) is 0 Å². The van der Waals surface area contributed by atoms with Crippen LogP contribution in [0.2, 0.25) is 0 Å². The van der Waals surface area contributed by atoms with Gasteiger partial charge < -0.3 is 4.57 Å². The van der Waals surface area contributed by atoms with E-state index in [9.17, 15) is 9.65 Å². The summed E-state index contributed by atoms with van der Waals surface area (Å²) in [4.78, 5) is 0. The molecule has 0 unspecified atom stereocenters. The first-order chi connectivity index (χ1) is 14.5. The number of nitriles is 1. The lowest BCUT2D eigenvalue weighted by atomic mass is 10.0. The molecule has 0 aliphatic carbocycles. The molecule has 4 rings (SSSR count). The summed E-state index contributed by atoms with van der Waals surface area (Å²) in [6.07, 6.45) is 4.89. The van der Waals surface area contributed by atoms with Crippen molar-refractivity contribution < 1.29 is 4.39 Å². The van der Waals surface area contributed by atoms with Gasteiger partial charge in [-0.3, -0.25) is 0 Å². The van der Waals surface area contributed by atoms with E-state index < -0.39 is 0 Å². The van der Waals surface area contributed by atoms with Crippen LogP contribution in [0.3, 0.4) is 0 Å². The molecule has 3 aromatic carbocycles. The Morgan fingerprint density at radius 1 is 0.967 bits per heavy atom. The van der Waals surface area contributed by atoms with Gasteiger partial charge in [0, 0.05) is 29.2 Å². The fourth-order valence-electron chi connectivity index (χ4n) is 3.70. The van der Waals surface area contributed by atoms with Crippen molar-refractivity contribution in [1.29, 1.82) is 5.26 Å². The topological polar surface area (TPSA) is 28.7 Å². The molecule has 0 radical (unpaired) electrons. The number of hydrogen-bond donors (Lipinski definition) is 0. The summed E-state index contributed by atoms with van der Waals surface area (Å²) in [5.41, 5.74) is 7.20. The Kier molecular flexibility index (Phi) is 5.50. The van der Waals surface area contributed by atoms with Crippen molar-refractivity contribution in [3.63, 3.8) is 0 Å². The summed E-state index contributed by atoms with van der Waals surface area (Å²) in [6, 6.07) is 23.4. The third-order valence-corrected chi connectivity index (χ3v) is 5.41. The quantitative estimate of drug-likeness (QED) is 0.346. The first kappa shape index (κ1) is 19.7. The van der Waals surface area contributed by atoms with Gasteiger partial charge in [0.15, 0.2) is 0 Å². The van der Waals surface area contributed by atoms with E-state index in [0.717, 1.165) is 40.6 Å². The molecule has 0 saturated heterocycles. The number of fused-ring (bicyclic) bond motifs is 1. The van der Waals surface area contributed by atoms with Crippen molar-refractivity contribution in [1.82, 2.24) is 4.57 Å². The second-order valence-corrected chi connectivity index (χ2v) is 7.71. The van der Waals surface area contributed by atoms with E-state index in [2.05, 4.69) is 42.0 Å². The molecule has 3 heteroatoms. The van der Waals surface area contributed by atoms with Crippen LogP contribution in [0, 0.1) is 31.0 Å². The SMILES string of the molecule is Cc1ccc(/C(C#N)=C/c2cn(CCc3ccc(F)cc3)c3cc(C)ccc23)cc1. The second-order valence-electron chi connectivity index (χ2n) is 7.71. The van der Waals surface area contributed by atoms with Crippen LogP contribution in [0.15, 0.2) is 72.9 Å². The standard InChI is InChI=1S/C27H23FN2/c1-19-3-8-22(9-4-19)23(17-29)16-24-18-30(27-15-20(2)5-12-26(24)27)14-13-21-6-10-25(28)11-7-21/h3-12,15-16,18H,13-14H2,1-2H3/b23-16+. The minimum atomic E-state index is -0.214. The maximum Gasteiger partial charge on any atom is 0.123 e. The highest BCUT2D eigenvalue weighted by molar-refractivity contribution is 5.98. The van der Waals surface area contributed by atoms with Gasteiger partial charge in [-0.2, -0.15) is 5.26 Å². The highest BCUT2D eigenvalue weighted by Crippen LogP contribution is 2.27. The van der Waals surface area contributed by atoms with Crippen LogP contribution in [0.1, 0.15) is 27.8 Å². The summed E-state index contributed by atoms with van der Waals surface area (Å²) in [5.74, 6) is -0.214. The van der Waals surface area contributed by atoms with Crippen LogP contribution < -0.4 is 0 Å². The molecule has 0 atom stereocenters. The maximum atomic E-state index is 13.2. The molecule has 0 spiro atoms. The number of nitrogens with zero attached hydrogens (tertiary/aromatic N) is 2. The number of rotatable bonds is 5. The molecule has 148 valence electrons. The van der Waals surface area contributed by atoms with Crippen LogP contribution in [0.5, 0.6) is 0 Å². The van der Waals surface area contributed by atoms with E-state index in [4.69, 9.17) is 0 Å². The molecule has 0 N–H and O–H groups in total. The van der Waals surface area contributed by atoms with Gasteiger partial charge in [0.1, 0.15) is 5.82 Å². The van der Waals surface area contributed by atoms with Crippen molar-refractivity contribution in [2.24, 2.45) is 0 Å². The molecule has 4 aromatic rings. The molecule has 2 nitrogen and oxygen atoms in total. The molecule has 30 heavy (non-hydrogen) atoms. The van der Waals surface area contributed by atoms with Gasteiger partial charge in [0.25, 0.3) is 0 Å². The van der Waals surface area contributed by atoms with Crippen molar-refractivity contribution in [2.75, 3.05) is 0 Å². The monoisotopic (exact) mass is 394 g/mol. The lowest BCUT2D eigenvalue weighted by Gasteiger charge is -2.06. The molecule has 0 aliphatic rings. The second kappa shape index (κ2) is 8.39. The highest BCUT2D eigenvalue weighted by atomic mass is 19.1. The Morgan fingerprint density at radius 2 is 1.67 bits per heavy atom. The van der Waals surface area contributed by atoms with E-state index in [0.29, 0.717) is 5.57 Å². The first-order valence-corrected chi connectivity index (χ1v) is 10.1. The van der Waals surface area contributed by atoms with E-state index in [1.54, 1.807) is 0 Å². The van der Waals surface area contributed by atoms with Gasteiger partial charge in [-0.15, -0.1) is 0 Å². The summed E-state index contributed by atoms with van der Waals surface area (Å²) in [6.45, 7) is 4.90. The third kappa shape index (κ3) is 4.18. The molecule has 0 bridgehead atoms. The summed E-state index contributed by atoms with van der Waals surface area (Å²) < 4.78 is 15.4. The predicted molar refractivity (Wildman–Crippen MR) is 121 cm³/mol. The van der Waals surface area contributed by atoms with Crippen LogP contribution >= 0.6 is 0 Å². The van der Waals surface area contributed by atoms with Gasteiger partial charge in [0.05, 0.1) is 11.6 Å². The van der Waals surface area contributed by atoms with Gasteiger partial charge in [-0.25, -0.2) is 4.39 Å². The summed E-state index contributed by atoms with van der Waals surface area (Å²) in [5, 5.41) is 10.9. The van der Waals surface area contributed by atoms with Crippen molar-refractivity contribution in [2.45, 2.75) is 26.8 Å². The molecular weight excluding hydrogens is 371 g/mol. The molecule has 0 aliphatic heterocycles. The number of halogens is 1. The zero-order chi connectivity index (χ0) is 21.1. The van der Waals surface area contributed by atoms with Crippen LogP contribution in [-0.2, 0) is 13.0 Å². The predicted octanol–water partition coefficient (Wildman–Crippen LogP) is 6.70. The van der Waals surface area contributed by atoms with Crippen LogP contribution in [0.25, 0.3) is 22.6 Å². The first-order valence-electron chi connectivity index (χ1n) is 10.1. The minimum absolute atomic E-state index is 0.214. The molecule has 0 fully saturated rings. The van der Waals surface area contributed by atoms with Crippen molar-refractivity contribution >= 4 is 22.6 Å². The molecule has 0 saturated carbocycles. The largest absolute Gasteiger partial charge is 0.347 e. The van der Waals surface area contributed by atoms with Crippen molar-refractivity contribution in [3.05, 3.63) is 107 Å². The zero-order valence-corrected chi connectivity index (χ0v) is 17.2. The lowest BCUT2D eigenvalue weighted by molar-refractivity contribution is 0.626. The zero-order valence-electron chi connectivity index (χ0n) is 17.2. The molecule has 1 aromatic heterocycles. The normalized spacial score (nSPS) is 11.6. The number of aryl methyl sites for hydroxylation is 4. The van der Waals surface area contributed by atoms with E-state index in [1.807, 2.05) is 49.4 Å². The third-order valence-electron chi connectivity index (χ3n) is 5.41. The van der Waals surface area contributed by atoms with Gasteiger partial charge >= 0.3 is 0 Å². The number of allylic oxidation sites excluding steroid dienone is 1. The average molecular weight is 394 g/mol. The molecule has 1 heterocycles. The average Bonchev–Trinajstić information content (AvgIpc) is 3.09. The van der Waals surface area contributed by atoms with Crippen molar-refractivity contribution in [3.8, 4) is 6.07 Å². The molecular formula is C27H23FN2. The summed E-state index contributed by atoms with van der Waals surface area (Å²) >= 11 is 0. The van der Waals surface area contributed by atoms with E-state index in [-0.39, 0.29) is 5.82 Å². The fraction of sp³-hybridized carbons (Fsp3) is 0.148. The van der Waals surface area contributed by atoms with Crippen LogP contribution in [-0.4, -0.2) is 4.57 Å². The lowest BCUT2D eigenvalue weighted by Crippen LogP contribution is -2.00. The number of benzene rings is 3. The Bertz CT molecular complexity index is 1250. The Labute approximate surface area is 176 Å². The van der Waals surface area contributed by atoms with Crippen LogP contribution in [0.4, 0.5) is 4.39 Å². The Morgan fingerprint density at radius 3 is 2.37 bits per heavy atom. The van der Waals surface area contributed by atoms with E-state index in [1.165, 1.54) is 23.3 Å². The smallest absolute Gasteiger partial charge is 0.123 e. The highest BCUT2D eigenvalue weighted by Gasteiger charge is 2.10. The maximum absolute atomic E-state index is 13.2. The Hall–Kier alpha value is -3.64.